The summed E-state index contributed by atoms with van der Waals surface area (Å²) < 4.78 is 20.3. The van der Waals surface area contributed by atoms with Crippen molar-refractivity contribution in [2.45, 2.75) is 12.5 Å². The number of Topliss-reactive ketones (excluding diaryl/α,β-unsaturated/α-hetero) is 1. The van der Waals surface area contributed by atoms with E-state index in [1.165, 1.54) is 6.07 Å². The monoisotopic (exact) mass is 354 g/mol. The lowest BCUT2D eigenvalue weighted by Crippen LogP contribution is -2.21. The van der Waals surface area contributed by atoms with Crippen LogP contribution in [0.5, 0.6) is 5.75 Å². The van der Waals surface area contributed by atoms with Gasteiger partial charge < -0.3 is 4.74 Å². The third-order valence-corrected chi connectivity index (χ3v) is 3.92. The Morgan fingerprint density at radius 3 is 2.80 bits per heavy atom. The Morgan fingerprint density at radius 1 is 1.25 bits per heavy atom. The number of ether oxygens (including phenoxy) is 1. The number of hydrogen-bond acceptors (Lipinski definition) is 2. The summed E-state index contributed by atoms with van der Waals surface area (Å²) in [7, 11) is 0. The molecular weight excluding hydrogens is 347 g/mol. The Bertz CT molecular complexity index is 702. The lowest BCUT2D eigenvalue weighted by Gasteiger charge is -2.26. The Morgan fingerprint density at radius 2 is 2.05 bits per heavy atom. The number of rotatable bonds is 1. The molecule has 0 aromatic heterocycles. The lowest BCUT2D eigenvalue weighted by molar-refractivity contribution is 0.0846. The van der Waals surface area contributed by atoms with Crippen LogP contribution in [0.25, 0.3) is 0 Å². The van der Waals surface area contributed by atoms with E-state index < -0.39 is 11.9 Å². The summed E-state index contributed by atoms with van der Waals surface area (Å²) in [5.74, 6) is -0.0476. The first-order valence-corrected chi connectivity index (χ1v) is 7.16. The number of hydrogen-bond donors (Lipinski definition) is 0. The van der Waals surface area contributed by atoms with Crippen molar-refractivity contribution in [2.24, 2.45) is 0 Å². The fourth-order valence-electron chi connectivity index (χ4n) is 2.23. The number of benzene rings is 2. The summed E-state index contributed by atoms with van der Waals surface area (Å²) in [5, 5.41) is 0.481. The molecule has 20 heavy (non-hydrogen) atoms. The van der Waals surface area contributed by atoms with Crippen molar-refractivity contribution >= 4 is 33.3 Å². The topological polar surface area (TPSA) is 26.3 Å². The fraction of sp³-hybridized carbons (Fsp3) is 0.133. The highest BCUT2D eigenvalue weighted by atomic mass is 79.9. The second kappa shape index (κ2) is 5.19. The fourth-order valence-corrected chi connectivity index (χ4v) is 2.74. The first kappa shape index (κ1) is 13.6. The minimum atomic E-state index is -0.607. The van der Waals surface area contributed by atoms with E-state index in [0.29, 0.717) is 26.4 Å². The highest BCUT2D eigenvalue weighted by Crippen LogP contribution is 2.37. The average molecular weight is 356 g/mol. The summed E-state index contributed by atoms with van der Waals surface area (Å²) in [5.41, 5.74) is 0.827. The van der Waals surface area contributed by atoms with Crippen LogP contribution in [0.4, 0.5) is 4.39 Å². The number of fused-ring (bicyclic) bond motifs is 1. The molecule has 0 saturated heterocycles. The summed E-state index contributed by atoms with van der Waals surface area (Å²) in [6, 6.07) is 9.57. The molecule has 2 aromatic rings. The molecule has 0 amide bonds. The van der Waals surface area contributed by atoms with Crippen LogP contribution in [0, 0.1) is 5.82 Å². The quantitative estimate of drug-likeness (QED) is 0.723. The summed E-state index contributed by atoms with van der Waals surface area (Å²) >= 11 is 9.07. The molecule has 5 heteroatoms. The van der Waals surface area contributed by atoms with Gasteiger partial charge in [-0.3, -0.25) is 4.79 Å². The van der Waals surface area contributed by atoms with Crippen LogP contribution < -0.4 is 4.74 Å². The molecule has 102 valence electrons. The average Bonchev–Trinajstić information content (AvgIpc) is 2.39. The Hall–Kier alpha value is -1.39. The predicted octanol–water partition coefficient (Wildman–Crippen LogP) is 4.95. The van der Waals surface area contributed by atoms with E-state index in [0.717, 1.165) is 0 Å². The summed E-state index contributed by atoms with van der Waals surface area (Å²) in [6.45, 7) is 0. The van der Waals surface area contributed by atoms with Crippen molar-refractivity contribution in [3.05, 3.63) is 62.8 Å². The molecule has 2 aromatic carbocycles. The maximum absolute atomic E-state index is 14.0. The van der Waals surface area contributed by atoms with Gasteiger partial charge in [-0.15, -0.1) is 0 Å². The minimum Gasteiger partial charge on any atom is -0.484 e. The van der Waals surface area contributed by atoms with Gasteiger partial charge in [-0.1, -0.05) is 33.6 Å². The van der Waals surface area contributed by atoms with Gasteiger partial charge in [-0.05, 0) is 30.3 Å². The molecule has 0 saturated carbocycles. The second-order valence-corrected chi connectivity index (χ2v) is 5.89. The SMILES string of the molecule is O=C1CC(c2ccc(Br)cc2F)Oc2ccc(Cl)cc21. The third kappa shape index (κ3) is 2.45. The van der Waals surface area contributed by atoms with Gasteiger partial charge in [0.1, 0.15) is 17.7 Å². The largest absolute Gasteiger partial charge is 0.484 e. The van der Waals surface area contributed by atoms with Gasteiger partial charge in [-0.25, -0.2) is 4.39 Å². The Kier molecular flexibility index (Phi) is 3.52. The summed E-state index contributed by atoms with van der Waals surface area (Å²) in [6.07, 6.45) is -0.504. The molecule has 3 rings (SSSR count). The van der Waals surface area contributed by atoms with Crippen LogP contribution >= 0.6 is 27.5 Å². The van der Waals surface area contributed by atoms with E-state index in [9.17, 15) is 9.18 Å². The zero-order chi connectivity index (χ0) is 14.3. The van der Waals surface area contributed by atoms with Gasteiger partial charge in [0.15, 0.2) is 5.78 Å². The van der Waals surface area contributed by atoms with Crippen molar-refractivity contribution in [1.82, 2.24) is 0 Å². The van der Waals surface area contributed by atoms with E-state index in [-0.39, 0.29) is 12.2 Å². The highest BCUT2D eigenvalue weighted by Gasteiger charge is 2.29. The molecule has 1 unspecified atom stereocenters. The van der Waals surface area contributed by atoms with E-state index >= 15 is 0 Å². The minimum absolute atomic E-state index is 0.0962. The van der Waals surface area contributed by atoms with Crippen LogP contribution in [-0.4, -0.2) is 5.78 Å². The molecule has 1 atom stereocenters. The lowest BCUT2D eigenvalue weighted by atomic mass is 9.96. The van der Waals surface area contributed by atoms with Crippen molar-refractivity contribution in [3.63, 3.8) is 0 Å². The predicted molar refractivity (Wildman–Crippen MR) is 77.9 cm³/mol. The van der Waals surface area contributed by atoms with Gasteiger partial charge in [0, 0.05) is 15.1 Å². The van der Waals surface area contributed by atoms with Crippen LogP contribution in [0.3, 0.4) is 0 Å². The second-order valence-electron chi connectivity index (χ2n) is 4.54. The van der Waals surface area contributed by atoms with Crippen molar-refractivity contribution in [1.29, 1.82) is 0 Å². The normalized spacial score (nSPS) is 17.6. The molecule has 0 spiro atoms. The van der Waals surface area contributed by atoms with Crippen LogP contribution in [0.2, 0.25) is 5.02 Å². The van der Waals surface area contributed by atoms with Crippen molar-refractivity contribution in [2.75, 3.05) is 0 Å². The van der Waals surface area contributed by atoms with Crippen LogP contribution in [-0.2, 0) is 0 Å². The zero-order valence-corrected chi connectivity index (χ0v) is 12.5. The van der Waals surface area contributed by atoms with Gasteiger partial charge in [0.25, 0.3) is 0 Å². The smallest absolute Gasteiger partial charge is 0.170 e. The molecule has 0 fully saturated rings. The van der Waals surface area contributed by atoms with Crippen LogP contribution in [0.15, 0.2) is 40.9 Å². The maximum atomic E-state index is 14.0. The van der Waals surface area contributed by atoms with Crippen LogP contribution in [0.1, 0.15) is 28.4 Å². The first-order valence-electron chi connectivity index (χ1n) is 5.99. The standard InChI is InChI=1S/C15H9BrClFO2/c16-8-1-3-10(12(18)5-8)15-7-13(19)11-6-9(17)2-4-14(11)20-15/h1-6,15H,7H2. The number of ketones is 1. The van der Waals surface area contributed by atoms with Gasteiger partial charge in [0.2, 0.25) is 0 Å². The van der Waals surface area contributed by atoms with Gasteiger partial charge in [0.05, 0.1) is 12.0 Å². The number of carbonyl (C=O) groups is 1. The molecule has 0 aliphatic carbocycles. The zero-order valence-electron chi connectivity index (χ0n) is 10.2. The van der Waals surface area contributed by atoms with Gasteiger partial charge in [-0.2, -0.15) is 0 Å². The number of halogens is 3. The third-order valence-electron chi connectivity index (χ3n) is 3.19. The molecular formula is C15H9BrClFO2. The number of carbonyl (C=O) groups excluding carboxylic acids is 1. The Balaban J connectivity index is 1.99. The highest BCUT2D eigenvalue weighted by molar-refractivity contribution is 9.10. The molecule has 0 bridgehead atoms. The maximum Gasteiger partial charge on any atom is 0.170 e. The first-order chi connectivity index (χ1) is 9.54. The molecule has 2 nitrogen and oxygen atoms in total. The van der Waals surface area contributed by atoms with E-state index in [1.54, 1.807) is 30.3 Å². The molecule has 1 heterocycles. The molecule has 1 aliphatic heterocycles. The van der Waals surface area contributed by atoms with Crippen molar-refractivity contribution < 1.29 is 13.9 Å². The summed E-state index contributed by atoms with van der Waals surface area (Å²) in [4.78, 5) is 12.1. The molecule has 0 radical (unpaired) electrons. The van der Waals surface area contributed by atoms with Crippen molar-refractivity contribution in [3.8, 4) is 5.75 Å². The molecule has 0 N–H and O–H groups in total. The van der Waals surface area contributed by atoms with E-state index in [1.807, 2.05) is 0 Å². The van der Waals surface area contributed by atoms with E-state index in [4.69, 9.17) is 16.3 Å². The van der Waals surface area contributed by atoms with E-state index in [2.05, 4.69) is 15.9 Å². The Labute approximate surface area is 128 Å². The molecule has 1 aliphatic rings. The van der Waals surface area contributed by atoms with Gasteiger partial charge >= 0.3 is 0 Å².